The van der Waals surface area contributed by atoms with Gasteiger partial charge in [0.1, 0.15) is 0 Å². The predicted octanol–water partition coefficient (Wildman–Crippen LogP) is 0.918. The Morgan fingerprint density at radius 3 is 2.75 bits per heavy atom. The molecule has 2 amide bonds. The summed E-state index contributed by atoms with van der Waals surface area (Å²) in [5.41, 5.74) is 1.04. The van der Waals surface area contributed by atoms with Gasteiger partial charge in [0, 0.05) is 30.9 Å². The van der Waals surface area contributed by atoms with Crippen LogP contribution in [0.5, 0.6) is 0 Å². The van der Waals surface area contributed by atoms with Gasteiger partial charge in [-0.2, -0.15) is 0 Å². The number of likely N-dealkylation sites (N-methyl/N-ethyl adjacent to an activating group) is 1. The van der Waals surface area contributed by atoms with Crippen LogP contribution in [0.1, 0.15) is 30.8 Å². The molecule has 0 fully saturated rings. The number of hydrogen-bond acceptors (Lipinski definition) is 6. The van der Waals surface area contributed by atoms with Crippen molar-refractivity contribution in [1.29, 1.82) is 0 Å². The number of nitrogens with zero attached hydrogens (tertiary/aromatic N) is 3. The fourth-order valence-corrected chi connectivity index (χ4v) is 3.74. The first-order valence-corrected chi connectivity index (χ1v) is 9.33. The van der Waals surface area contributed by atoms with Crippen LogP contribution < -0.4 is 10.6 Å². The van der Waals surface area contributed by atoms with Crippen LogP contribution in [0.3, 0.4) is 0 Å². The second kappa shape index (κ2) is 9.10. The molecule has 0 saturated carbocycles. The van der Waals surface area contributed by atoms with Crippen molar-refractivity contribution in [3.63, 3.8) is 0 Å². The molecule has 0 aliphatic carbocycles. The van der Waals surface area contributed by atoms with Gasteiger partial charge >= 0.3 is 11.8 Å². The molecule has 0 radical (unpaired) electrons. The van der Waals surface area contributed by atoms with Crippen molar-refractivity contribution in [3.8, 4) is 0 Å². The number of anilines is 1. The van der Waals surface area contributed by atoms with E-state index in [0.717, 1.165) is 51.3 Å². The highest BCUT2D eigenvalue weighted by atomic mass is 32.1. The first kappa shape index (κ1) is 18.8. The summed E-state index contributed by atoms with van der Waals surface area (Å²) in [4.78, 5) is 33.9. The molecule has 0 aromatic carbocycles. The molecule has 2 rings (SSSR count). The number of carbonyl (C=O) groups excluding carboxylic acids is 2. The summed E-state index contributed by atoms with van der Waals surface area (Å²) in [6, 6.07) is 0. The van der Waals surface area contributed by atoms with Crippen LogP contribution in [0.25, 0.3) is 0 Å². The SMILES string of the molecule is CCN(CC)CCCNC(=O)C(=O)Nc1nc2c(s1)CN(C)CC2. The molecule has 0 saturated heterocycles. The molecule has 24 heavy (non-hydrogen) atoms. The largest absolute Gasteiger partial charge is 0.348 e. The fraction of sp³-hybridized carbons (Fsp3) is 0.688. The van der Waals surface area contributed by atoms with Crippen LogP contribution >= 0.6 is 11.3 Å². The summed E-state index contributed by atoms with van der Waals surface area (Å²) in [5.74, 6) is -1.24. The molecule has 1 aromatic rings. The molecule has 0 spiro atoms. The van der Waals surface area contributed by atoms with Crippen molar-refractivity contribution in [1.82, 2.24) is 20.1 Å². The molecular formula is C16H27N5O2S. The number of aromatic nitrogens is 1. The van der Waals surface area contributed by atoms with Gasteiger partial charge in [0.15, 0.2) is 5.13 Å². The van der Waals surface area contributed by atoms with Gasteiger partial charge in [0.25, 0.3) is 0 Å². The number of hydrogen-bond donors (Lipinski definition) is 2. The van der Waals surface area contributed by atoms with Crippen LogP contribution in [0.15, 0.2) is 0 Å². The van der Waals surface area contributed by atoms with Crippen LogP contribution in [0.2, 0.25) is 0 Å². The molecule has 0 unspecified atom stereocenters. The number of thiazole rings is 1. The summed E-state index contributed by atoms with van der Waals surface area (Å²) in [5, 5.41) is 5.79. The zero-order valence-electron chi connectivity index (χ0n) is 14.7. The highest BCUT2D eigenvalue weighted by Crippen LogP contribution is 2.27. The van der Waals surface area contributed by atoms with Gasteiger partial charge in [-0.15, -0.1) is 11.3 Å². The Balaban J connectivity index is 1.75. The summed E-state index contributed by atoms with van der Waals surface area (Å²) < 4.78 is 0. The number of fused-ring (bicyclic) bond motifs is 1. The smallest absolute Gasteiger partial charge is 0.315 e. The van der Waals surface area contributed by atoms with Crippen molar-refractivity contribution < 1.29 is 9.59 Å². The zero-order valence-corrected chi connectivity index (χ0v) is 15.5. The van der Waals surface area contributed by atoms with Gasteiger partial charge in [-0.05, 0) is 33.1 Å². The van der Waals surface area contributed by atoms with E-state index in [1.54, 1.807) is 0 Å². The first-order chi connectivity index (χ1) is 11.5. The van der Waals surface area contributed by atoms with Crippen LogP contribution in [0, 0.1) is 0 Å². The minimum atomic E-state index is -0.641. The number of amides is 2. The molecule has 2 heterocycles. The fourth-order valence-electron chi connectivity index (χ4n) is 2.66. The third-order valence-electron chi connectivity index (χ3n) is 4.18. The molecule has 1 aliphatic rings. The maximum absolute atomic E-state index is 12.0. The van der Waals surface area contributed by atoms with Gasteiger partial charge in [-0.25, -0.2) is 4.98 Å². The Morgan fingerprint density at radius 2 is 2.04 bits per heavy atom. The minimum absolute atomic E-state index is 0.502. The lowest BCUT2D eigenvalue weighted by Crippen LogP contribution is -2.37. The Morgan fingerprint density at radius 1 is 1.29 bits per heavy atom. The Bertz CT molecular complexity index is 571. The lowest BCUT2D eigenvalue weighted by atomic mass is 10.2. The molecule has 134 valence electrons. The van der Waals surface area contributed by atoms with Gasteiger partial charge < -0.3 is 15.1 Å². The number of nitrogens with one attached hydrogen (secondary N) is 2. The van der Waals surface area contributed by atoms with E-state index in [4.69, 9.17) is 0 Å². The highest BCUT2D eigenvalue weighted by Gasteiger charge is 2.21. The van der Waals surface area contributed by atoms with Crippen molar-refractivity contribution in [3.05, 3.63) is 10.6 Å². The molecule has 2 N–H and O–H groups in total. The van der Waals surface area contributed by atoms with E-state index in [1.807, 2.05) is 0 Å². The molecule has 1 aliphatic heterocycles. The molecule has 7 nitrogen and oxygen atoms in total. The van der Waals surface area contributed by atoms with Gasteiger partial charge in [-0.3, -0.25) is 14.9 Å². The van der Waals surface area contributed by atoms with Gasteiger partial charge in [0.2, 0.25) is 0 Å². The van der Waals surface area contributed by atoms with E-state index >= 15 is 0 Å². The summed E-state index contributed by atoms with van der Waals surface area (Å²) in [6.45, 7) is 9.45. The van der Waals surface area contributed by atoms with Crippen molar-refractivity contribution >= 4 is 28.3 Å². The number of carbonyl (C=O) groups is 2. The first-order valence-electron chi connectivity index (χ1n) is 8.52. The Labute approximate surface area is 147 Å². The van der Waals surface area contributed by atoms with Crippen molar-refractivity contribution in [2.75, 3.05) is 45.1 Å². The van der Waals surface area contributed by atoms with E-state index in [-0.39, 0.29) is 0 Å². The Kier molecular flexibility index (Phi) is 7.14. The van der Waals surface area contributed by atoms with E-state index in [2.05, 4.69) is 46.3 Å². The monoisotopic (exact) mass is 353 g/mol. The summed E-state index contributed by atoms with van der Waals surface area (Å²) >= 11 is 1.45. The predicted molar refractivity (Wildman–Crippen MR) is 96.2 cm³/mol. The normalized spacial score (nSPS) is 14.5. The zero-order chi connectivity index (χ0) is 17.5. The van der Waals surface area contributed by atoms with E-state index in [0.29, 0.717) is 11.7 Å². The molecule has 0 bridgehead atoms. The molecule has 1 aromatic heterocycles. The van der Waals surface area contributed by atoms with Crippen molar-refractivity contribution in [2.24, 2.45) is 0 Å². The van der Waals surface area contributed by atoms with E-state index < -0.39 is 11.8 Å². The van der Waals surface area contributed by atoms with Crippen LogP contribution in [-0.2, 0) is 22.6 Å². The highest BCUT2D eigenvalue weighted by molar-refractivity contribution is 7.16. The third-order valence-corrected chi connectivity index (χ3v) is 5.18. The second-order valence-corrected chi connectivity index (χ2v) is 7.05. The van der Waals surface area contributed by atoms with E-state index in [9.17, 15) is 9.59 Å². The average molecular weight is 353 g/mol. The van der Waals surface area contributed by atoms with Gasteiger partial charge in [-0.1, -0.05) is 13.8 Å². The summed E-state index contributed by atoms with van der Waals surface area (Å²) in [7, 11) is 2.06. The molecule has 0 atom stereocenters. The molecule has 8 heteroatoms. The topological polar surface area (TPSA) is 77.6 Å². The number of rotatable bonds is 7. The van der Waals surface area contributed by atoms with Crippen LogP contribution in [-0.4, -0.2) is 66.4 Å². The Hall–Kier alpha value is -1.51. The quantitative estimate of drug-likeness (QED) is 0.563. The van der Waals surface area contributed by atoms with E-state index in [1.165, 1.54) is 16.2 Å². The van der Waals surface area contributed by atoms with Crippen LogP contribution in [0.4, 0.5) is 5.13 Å². The standard InChI is InChI=1S/C16H27N5O2S/c1-4-21(5-2)9-6-8-17-14(22)15(23)19-16-18-12-7-10-20(3)11-13(12)24-16/h4-11H2,1-3H3,(H,17,22)(H,18,19,23). The molecular weight excluding hydrogens is 326 g/mol. The maximum atomic E-state index is 12.0. The van der Waals surface area contributed by atoms with Crippen molar-refractivity contribution in [2.45, 2.75) is 33.2 Å². The summed E-state index contributed by atoms with van der Waals surface area (Å²) in [6.07, 6.45) is 1.72. The van der Waals surface area contributed by atoms with Gasteiger partial charge in [0.05, 0.1) is 5.69 Å². The minimum Gasteiger partial charge on any atom is -0.348 e. The lowest BCUT2D eigenvalue weighted by Gasteiger charge is -2.20. The lowest BCUT2D eigenvalue weighted by molar-refractivity contribution is -0.136. The average Bonchev–Trinajstić information content (AvgIpc) is 2.96. The third kappa shape index (κ3) is 5.25. The maximum Gasteiger partial charge on any atom is 0.315 e. The second-order valence-electron chi connectivity index (χ2n) is 5.97.